The summed E-state index contributed by atoms with van der Waals surface area (Å²) in [6.07, 6.45) is 0. The van der Waals surface area contributed by atoms with Crippen molar-refractivity contribution < 1.29 is 9.84 Å². The highest BCUT2D eigenvalue weighted by atomic mass is 31.1. The number of benzene rings is 5. The average Bonchev–Trinajstić information content (AvgIpc) is 3.35. The van der Waals surface area contributed by atoms with Gasteiger partial charge in [-0.2, -0.15) is 0 Å². The van der Waals surface area contributed by atoms with Gasteiger partial charge in [-0.3, -0.25) is 0 Å². The van der Waals surface area contributed by atoms with Crippen LogP contribution in [0.2, 0.25) is 0 Å². The van der Waals surface area contributed by atoms with Gasteiger partial charge in [0.25, 0.3) is 0 Å². The molecule has 5 aromatic carbocycles. The van der Waals surface area contributed by atoms with E-state index < -0.39 is 5.41 Å². The molecule has 0 aromatic heterocycles. The third kappa shape index (κ3) is 4.84. The molecule has 1 aliphatic carbocycles. The second kappa shape index (κ2) is 11.8. The fraction of sp³-hybridized carbons (Fsp3) is 0.205. The van der Waals surface area contributed by atoms with E-state index in [1.54, 1.807) is 0 Å². The van der Waals surface area contributed by atoms with E-state index in [2.05, 4.69) is 160 Å². The monoisotopic (exact) mass is 567 g/mol. The summed E-state index contributed by atoms with van der Waals surface area (Å²) in [6.45, 7) is 7.13. The van der Waals surface area contributed by atoms with Gasteiger partial charge < -0.3 is 9.84 Å². The lowest BCUT2D eigenvalue weighted by Gasteiger charge is -2.51. The van der Waals surface area contributed by atoms with Gasteiger partial charge in [0.1, 0.15) is 0 Å². The summed E-state index contributed by atoms with van der Waals surface area (Å²) in [6, 6.07) is 49.1. The molecule has 0 amide bonds. The molecule has 1 atom stereocenters. The van der Waals surface area contributed by atoms with Crippen molar-refractivity contribution in [3.8, 4) is 11.1 Å². The SMILES string of the molecule is CC(P=C([O-])OCC1c2ccccc2-c2ccccc21)C(C)(C)C(c1ccccc1)(c1ccccc1)c1ccccc1. The Morgan fingerprint density at radius 3 is 1.45 bits per heavy atom. The summed E-state index contributed by atoms with van der Waals surface area (Å²) in [4.78, 5) is 0. The lowest BCUT2D eigenvalue weighted by atomic mass is 9.54. The largest absolute Gasteiger partial charge is 0.805 e. The highest BCUT2D eigenvalue weighted by Gasteiger charge is 2.51. The second-order valence-electron chi connectivity index (χ2n) is 11.7. The van der Waals surface area contributed by atoms with Crippen LogP contribution < -0.4 is 5.11 Å². The molecule has 3 heteroatoms. The molecule has 5 aromatic rings. The molecule has 1 aliphatic rings. The van der Waals surface area contributed by atoms with Gasteiger partial charge >= 0.3 is 0 Å². The maximum absolute atomic E-state index is 13.6. The highest BCUT2D eigenvalue weighted by molar-refractivity contribution is 7.40. The molecular weight excluding hydrogens is 531 g/mol. The van der Waals surface area contributed by atoms with E-state index in [-0.39, 0.29) is 22.7 Å². The van der Waals surface area contributed by atoms with Gasteiger partial charge in [-0.25, -0.2) is 0 Å². The molecule has 0 radical (unpaired) electrons. The highest BCUT2D eigenvalue weighted by Crippen LogP contribution is 2.56. The molecule has 2 nitrogen and oxygen atoms in total. The molecule has 0 bridgehead atoms. The van der Waals surface area contributed by atoms with Crippen molar-refractivity contribution in [1.82, 2.24) is 0 Å². The third-order valence-corrected chi connectivity index (χ3v) is 10.6. The molecule has 0 saturated carbocycles. The Bertz CT molecular complexity index is 1530. The first-order valence-electron chi connectivity index (χ1n) is 14.7. The molecule has 0 heterocycles. The molecule has 0 saturated heterocycles. The number of ether oxygens (including phenoxy) is 1. The molecule has 42 heavy (non-hydrogen) atoms. The Labute approximate surface area is 251 Å². The quantitative estimate of drug-likeness (QED) is 0.132. The predicted molar refractivity (Wildman–Crippen MR) is 174 cm³/mol. The Kier molecular flexibility index (Phi) is 7.97. The van der Waals surface area contributed by atoms with Gasteiger partial charge in [0.15, 0.2) is 0 Å². The fourth-order valence-corrected chi connectivity index (χ4v) is 7.93. The summed E-state index contributed by atoms with van der Waals surface area (Å²) in [7, 11) is 0.654. The van der Waals surface area contributed by atoms with Crippen LogP contribution in [0.15, 0.2) is 140 Å². The zero-order valence-electron chi connectivity index (χ0n) is 24.4. The summed E-state index contributed by atoms with van der Waals surface area (Å²) >= 11 is 0. The van der Waals surface area contributed by atoms with E-state index in [9.17, 15) is 5.11 Å². The van der Waals surface area contributed by atoms with E-state index in [4.69, 9.17) is 4.74 Å². The van der Waals surface area contributed by atoms with Crippen molar-refractivity contribution in [2.75, 3.05) is 6.61 Å². The third-order valence-electron chi connectivity index (χ3n) is 9.27. The lowest BCUT2D eigenvalue weighted by Crippen LogP contribution is -2.49. The number of rotatable bonds is 9. The topological polar surface area (TPSA) is 32.3 Å². The molecule has 6 rings (SSSR count). The average molecular weight is 568 g/mol. The maximum atomic E-state index is 13.6. The van der Waals surface area contributed by atoms with Crippen LogP contribution in [-0.4, -0.2) is 17.9 Å². The number of hydrogen-bond acceptors (Lipinski definition) is 2. The Morgan fingerprint density at radius 2 is 1.02 bits per heavy atom. The van der Waals surface area contributed by atoms with Crippen LogP contribution >= 0.6 is 8.20 Å². The minimum Gasteiger partial charge on any atom is -0.805 e. The second-order valence-corrected chi connectivity index (χ2v) is 13.1. The molecular formula is C39H36O2P-. The van der Waals surface area contributed by atoms with Gasteiger partial charge in [-0.15, -0.1) is 0 Å². The fourth-order valence-electron chi connectivity index (χ4n) is 6.94. The molecule has 210 valence electrons. The minimum absolute atomic E-state index is 0.0197. The summed E-state index contributed by atoms with van der Waals surface area (Å²) < 4.78 is 6.08. The molecule has 0 N–H and O–H groups in total. The lowest BCUT2D eigenvalue weighted by molar-refractivity contribution is -0.243. The minimum atomic E-state index is -0.493. The Hall–Kier alpha value is -3.81. The smallest absolute Gasteiger partial charge is 0.0625 e. The molecule has 0 spiro atoms. The van der Waals surface area contributed by atoms with Crippen molar-refractivity contribution in [2.24, 2.45) is 5.41 Å². The van der Waals surface area contributed by atoms with Gasteiger partial charge in [0.05, 0.1) is 12.0 Å². The number of hydrogen-bond donors (Lipinski definition) is 0. The molecule has 0 fully saturated rings. The van der Waals surface area contributed by atoms with Crippen LogP contribution in [0.1, 0.15) is 54.5 Å². The zero-order valence-corrected chi connectivity index (χ0v) is 25.3. The van der Waals surface area contributed by atoms with Gasteiger partial charge in [-0.1, -0.05) is 169 Å². The first-order valence-corrected chi connectivity index (χ1v) is 15.6. The van der Waals surface area contributed by atoms with E-state index in [1.165, 1.54) is 38.9 Å². The van der Waals surface area contributed by atoms with Crippen LogP contribution in [0.5, 0.6) is 0 Å². The van der Waals surface area contributed by atoms with Gasteiger partial charge in [-0.05, 0) is 50.0 Å². The van der Waals surface area contributed by atoms with Crippen LogP contribution in [0.25, 0.3) is 11.1 Å². The van der Waals surface area contributed by atoms with E-state index in [1.807, 2.05) is 0 Å². The molecule has 1 unspecified atom stereocenters. The Balaban J connectivity index is 1.37. The van der Waals surface area contributed by atoms with Crippen molar-refractivity contribution in [3.63, 3.8) is 0 Å². The predicted octanol–water partition coefficient (Wildman–Crippen LogP) is 8.66. The van der Waals surface area contributed by atoms with Crippen molar-refractivity contribution in [3.05, 3.63) is 167 Å². The van der Waals surface area contributed by atoms with Crippen LogP contribution in [0.3, 0.4) is 0 Å². The van der Waals surface area contributed by atoms with Crippen LogP contribution in [-0.2, 0) is 10.2 Å². The number of fused-ring (bicyclic) bond motifs is 3. The standard InChI is InChI=1S/C39H37O2P/c1-28(42-37(40)41-27-36-34-25-15-13-23-32(34)33-24-14-16-26-35(33)36)38(2,3)39(29-17-7-4-8-18-29,30-19-9-5-10-20-30)31-21-11-6-12-22-31/h4-26,28,36,40H,27H2,1-3H3/p-1. The maximum Gasteiger partial charge on any atom is 0.0625 e. The zero-order chi connectivity index (χ0) is 29.2. The van der Waals surface area contributed by atoms with Gasteiger partial charge in [0.2, 0.25) is 0 Å². The van der Waals surface area contributed by atoms with E-state index in [0.29, 0.717) is 14.8 Å². The van der Waals surface area contributed by atoms with Crippen molar-refractivity contribution >= 4 is 13.9 Å². The van der Waals surface area contributed by atoms with Crippen LogP contribution in [0.4, 0.5) is 0 Å². The Morgan fingerprint density at radius 1 is 0.643 bits per heavy atom. The van der Waals surface area contributed by atoms with E-state index in [0.717, 1.165) is 0 Å². The van der Waals surface area contributed by atoms with Crippen LogP contribution in [0, 0.1) is 5.41 Å². The normalized spacial score (nSPS) is 14.3. The van der Waals surface area contributed by atoms with Crippen molar-refractivity contribution in [2.45, 2.75) is 37.8 Å². The first kappa shape index (κ1) is 28.3. The summed E-state index contributed by atoms with van der Waals surface area (Å²) in [5.41, 5.74) is 7.50. The van der Waals surface area contributed by atoms with Crippen molar-refractivity contribution in [1.29, 1.82) is 0 Å². The summed E-state index contributed by atoms with van der Waals surface area (Å²) in [5.74, 6) is 0.0527. The van der Waals surface area contributed by atoms with Gasteiger partial charge in [0, 0.05) is 11.6 Å². The summed E-state index contributed by atoms with van der Waals surface area (Å²) in [5, 5.41) is 13.6. The molecule has 0 aliphatic heterocycles. The first-order chi connectivity index (χ1) is 20.4. The van der Waals surface area contributed by atoms with E-state index >= 15 is 0 Å².